The number of rotatable bonds is 2. The van der Waals surface area contributed by atoms with Crippen molar-refractivity contribution >= 4 is 11.6 Å². The Morgan fingerprint density at radius 2 is 2.38 bits per heavy atom. The number of hydrogen-bond donors (Lipinski definition) is 4. The van der Waals surface area contributed by atoms with E-state index in [9.17, 15) is 14.3 Å². The maximum Gasteiger partial charge on any atom is 0.295 e. The van der Waals surface area contributed by atoms with Gasteiger partial charge in [0.1, 0.15) is 18.3 Å². The van der Waals surface area contributed by atoms with Gasteiger partial charge < -0.3 is 20.7 Å². The van der Waals surface area contributed by atoms with Crippen LogP contribution in [0, 0.1) is 0 Å². The van der Waals surface area contributed by atoms with Crippen molar-refractivity contribution < 1.29 is 19.3 Å². The Hall–Kier alpha value is -2.04. The number of H-pyrrole nitrogens is 1. The average Bonchev–Trinajstić information content (AvgIpc) is 2.91. The summed E-state index contributed by atoms with van der Waals surface area (Å²) in [6.45, 7) is 0.609. The molecule has 21 heavy (non-hydrogen) atoms. The first-order valence-electron chi connectivity index (χ1n) is 6.23. The Labute approximate surface area is 117 Å². The minimum Gasteiger partial charge on any atom is -0.394 e. The van der Waals surface area contributed by atoms with Crippen LogP contribution >= 0.6 is 0 Å². The Bertz CT molecular complexity index is 742. The Morgan fingerprint density at radius 3 is 3.00 bits per heavy atom. The third-order valence-electron chi connectivity index (χ3n) is 3.62. The molecule has 0 saturated carbocycles. The van der Waals surface area contributed by atoms with Crippen molar-refractivity contribution in [3.63, 3.8) is 0 Å². The zero-order chi connectivity index (χ0) is 15.4. The fourth-order valence-corrected chi connectivity index (χ4v) is 2.51. The third kappa shape index (κ3) is 1.91. The summed E-state index contributed by atoms with van der Waals surface area (Å²) in [5, 5.41) is 22.9. The second-order valence-electron chi connectivity index (χ2n) is 5.09. The molecule has 0 aromatic carbocycles. The van der Waals surface area contributed by atoms with E-state index < -0.39 is 36.1 Å². The molecule has 0 spiro atoms. The lowest BCUT2D eigenvalue weighted by Crippen LogP contribution is -2.39. The fourth-order valence-electron chi connectivity index (χ4n) is 2.51. The molecule has 10 heteroatoms. The Kier molecular flexibility index (Phi) is 2.97. The quantitative estimate of drug-likeness (QED) is 0.530. The van der Waals surface area contributed by atoms with Gasteiger partial charge in [0, 0.05) is 0 Å². The van der Waals surface area contributed by atoms with Crippen LogP contribution in [0.15, 0.2) is 11.0 Å². The number of halogens is 1. The molecule has 2 aromatic heterocycles. The number of nitrogens with zero attached hydrogens (tertiary/aromatic N) is 3. The number of nitrogens with one attached hydrogen (secondary N) is 1. The van der Waals surface area contributed by atoms with Gasteiger partial charge in [-0.1, -0.05) is 0 Å². The number of fused-ring (bicyclic) bond motifs is 1. The summed E-state index contributed by atoms with van der Waals surface area (Å²) in [6.07, 6.45) is -2.60. The molecule has 0 amide bonds. The van der Waals surface area contributed by atoms with E-state index in [4.69, 9.17) is 15.6 Å². The summed E-state index contributed by atoms with van der Waals surface area (Å²) < 4.78 is 21.1. The normalized spacial score (nSPS) is 32.9. The lowest BCUT2D eigenvalue weighted by atomic mass is 9.93. The molecule has 3 heterocycles. The van der Waals surface area contributed by atoms with Crippen molar-refractivity contribution in [2.24, 2.45) is 0 Å². The van der Waals surface area contributed by atoms with E-state index >= 15 is 0 Å². The van der Waals surface area contributed by atoms with Crippen molar-refractivity contribution in [3.8, 4) is 0 Å². The number of anilines is 1. The van der Waals surface area contributed by atoms with E-state index in [1.54, 1.807) is 0 Å². The molecule has 0 unspecified atom stereocenters. The largest absolute Gasteiger partial charge is 0.394 e. The van der Waals surface area contributed by atoms with E-state index in [1.807, 2.05) is 0 Å². The lowest BCUT2D eigenvalue weighted by molar-refractivity contribution is -0.0248. The van der Waals surface area contributed by atoms with Crippen LogP contribution in [0.5, 0.6) is 0 Å². The SMILES string of the molecule is C[C@@]1(F)[C@H](O)[C@@H](CO)O[C@H]1c1cnc2c(=O)[nH]c(N)nn12. The number of ether oxygens (including phenoxy) is 1. The third-order valence-corrected chi connectivity index (χ3v) is 3.62. The summed E-state index contributed by atoms with van der Waals surface area (Å²) in [5.74, 6) is -0.162. The molecule has 1 aliphatic heterocycles. The molecule has 1 fully saturated rings. The number of aliphatic hydroxyl groups excluding tert-OH is 2. The van der Waals surface area contributed by atoms with Crippen molar-refractivity contribution in [3.05, 3.63) is 22.2 Å². The van der Waals surface area contributed by atoms with Crippen LogP contribution in [0.4, 0.5) is 10.3 Å². The molecule has 5 N–H and O–H groups in total. The highest BCUT2D eigenvalue weighted by atomic mass is 19.1. The fraction of sp³-hybridized carbons (Fsp3) is 0.545. The minimum atomic E-state index is -2.18. The van der Waals surface area contributed by atoms with E-state index in [2.05, 4.69) is 15.1 Å². The highest BCUT2D eigenvalue weighted by molar-refractivity contribution is 5.39. The molecule has 9 nitrogen and oxygen atoms in total. The van der Waals surface area contributed by atoms with Crippen molar-refractivity contribution in [1.29, 1.82) is 0 Å². The molecular weight excluding hydrogens is 285 g/mol. The molecule has 3 rings (SSSR count). The number of alkyl halides is 1. The maximum atomic E-state index is 14.7. The van der Waals surface area contributed by atoms with Crippen LogP contribution in [0.3, 0.4) is 0 Å². The highest BCUT2D eigenvalue weighted by Crippen LogP contribution is 2.43. The first kappa shape index (κ1) is 13.9. The van der Waals surface area contributed by atoms with Gasteiger partial charge in [0.25, 0.3) is 5.56 Å². The number of aromatic amines is 1. The van der Waals surface area contributed by atoms with Crippen LogP contribution in [0.2, 0.25) is 0 Å². The number of nitrogens with two attached hydrogens (primary N) is 1. The molecule has 0 bridgehead atoms. The van der Waals surface area contributed by atoms with Gasteiger partial charge in [-0.25, -0.2) is 13.9 Å². The van der Waals surface area contributed by atoms with Gasteiger partial charge in [0.05, 0.1) is 18.5 Å². The van der Waals surface area contributed by atoms with Crippen LogP contribution in [-0.4, -0.2) is 54.3 Å². The predicted molar refractivity (Wildman–Crippen MR) is 68.2 cm³/mol. The molecule has 4 atom stereocenters. The smallest absolute Gasteiger partial charge is 0.295 e. The van der Waals surface area contributed by atoms with Gasteiger partial charge in [-0.15, -0.1) is 5.10 Å². The Balaban J connectivity index is 2.15. The lowest BCUT2D eigenvalue weighted by Gasteiger charge is -2.22. The zero-order valence-corrected chi connectivity index (χ0v) is 11.0. The maximum absolute atomic E-state index is 14.7. The van der Waals surface area contributed by atoms with Gasteiger partial charge in [0.15, 0.2) is 5.67 Å². The summed E-state index contributed by atoms with van der Waals surface area (Å²) in [6, 6.07) is 0. The van der Waals surface area contributed by atoms with Gasteiger partial charge in [-0.2, -0.15) is 0 Å². The van der Waals surface area contributed by atoms with Crippen molar-refractivity contribution in [1.82, 2.24) is 19.6 Å². The van der Waals surface area contributed by atoms with Crippen LogP contribution in [-0.2, 0) is 4.74 Å². The molecule has 114 valence electrons. The highest BCUT2D eigenvalue weighted by Gasteiger charge is 2.55. The summed E-state index contributed by atoms with van der Waals surface area (Å²) in [7, 11) is 0. The number of aromatic nitrogens is 4. The predicted octanol–water partition coefficient (Wildman–Crippen LogP) is -1.48. The van der Waals surface area contributed by atoms with Crippen molar-refractivity contribution in [2.45, 2.75) is 30.9 Å². The number of imidazole rings is 1. The second-order valence-corrected chi connectivity index (χ2v) is 5.09. The summed E-state index contributed by atoms with van der Waals surface area (Å²) in [5.41, 5.74) is 2.76. The first-order chi connectivity index (χ1) is 9.86. The molecule has 2 aromatic rings. The van der Waals surface area contributed by atoms with E-state index in [1.165, 1.54) is 6.20 Å². The minimum absolute atomic E-state index is 0.0689. The van der Waals surface area contributed by atoms with Crippen molar-refractivity contribution in [2.75, 3.05) is 12.3 Å². The van der Waals surface area contributed by atoms with E-state index in [0.717, 1.165) is 11.4 Å². The standard InChI is InChI=1S/C11H14FN5O4/c1-11(12)6(19)5(3-18)21-7(11)4-2-14-8-9(20)15-10(13)16-17(4)8/h2,5-7,18-19H,3H2,1H3,(H3,13,15,16,20)/t5-,6-,7+,11-/m1/s1. The monoisotopic (exact) mass is 299 g/mol. The first-order valence-corrected chi connectivity index (χ1v) is 6.23. The number of aliphatic hydroxyl groups is 2. The van der Waals surface area contributed by atoms with Gasteiger partial charge in [0.2, 0.25) is 11.6 Å². The molecule has 0 aliphatic carbocycles. The average molecular weight is 299 g/mol. The summed E-state index contributed by atoms with van der Waals surface area (Å²) >= 11 is 0. The second kappa shape index (κ2) is 4.48. The van der Waals surface area contributed by atoms with Gasteiger partial charge >= 0.3 is 0 Å². The molecule has 1 aliphatic rings. The number of nitrogen functional groups attached to an aromatic ring is 1. The van der Waals surface area contributed by atoms with Crippen LogP contribution < -0.4 is 11.3 Å². The van der Waals surface area contributed by atoms with Crippen LogP contribution in [0.1, 0.15) is 18.7 Å². The summed E-state index contributed by atoms with van der Waals surface area (Å²) in [4.78, 5) is 17.8. The van der Waals surface area contributed by atoms with E-state index in [0.29, 0.717) is 0 Å². The zero-order valence-electron chi connectivity index (χ0n) is 11.0. The molecular formula is C11H14FN5O4. The van der Waals surface area contributed by atoms with Crippen LogP contribution in [0.25, 0.3) is 5.65 Å². The van der Waals surface area contributed by atoms with Gasteiger partial charge in [-0.3, -0.25) is 9.78 Å². The Morgan fingerprint density at radius 1 is 1.67 bits per heavy atom. The van der Waals surface area contributed by atoms with Gasteiger partial charge in [-0.05, 0) is 6.92 Å². The topological polar surface area (TPSA) is 139 Å². The molecule has 0 radical (unpaired) electrons. The van der Waals surface area contributed by atoms with E-state index in [-0.39, 0.29) is 17.3 Å². The molecule has 1 saturated heterocycles. The number of hydrogen-bond acceptors (Lipinski definition) is 7.